The standard InChI is InChI=1S/C17H15NO2/c1-11-6-3-4-9-14(11)18-17(19)15-10-13-8-5-7-12(2)16(13)20-15/h3-10H,1-2H3,(H,18,19). The van der Waals surface area contributed by atoms with Gasteiger partial charge < -0.3 is 9.73 Å². The van der Waals surface area contributed by atoms with Gasteiger partial charge in [-0.05, 0) is 37.1 Å². The van der Waals surface area contributed by atoms with Crippen LogP contribution in [0.4, 0.5) is 5.69 Å². The summed E-state index contributed by atoms with van der Waals surface area (Å²) in [6.45, 7) is 3.92. The Hall–Kier alpha value is -2.55. The van der Waals surface area contributed by atoms with Crippen LogP contribution in [-0.4, -0.2) is 5.91 Å². The van der Waals surface area contributed by atoms with Crippen molar-refractivity contribution in [3.8, 4) is 0 Å². The maximum Gasteiger partial charge on any atom is 0.291 e. The van der Waals surface area contributed by atoms with E-state index in [9.17, 15) is 4.79 Å². The molecular formula is C17H15NO2. The molecule has 3 aromatic rings. The summed E-state index contributed by atoms with van der Waals surface area (Å²) in [5, 5.41) is 3.82. The predicted octanol–water partition coefficient (Wildman–Crippen LogP) is 4.30. The summed E-state index contributed by atoms with van der Waals surface area (Å²) in [6.07, 6.45) is 0. The van der Waals surface area contributed by atoms with E-state index < -0.39 is 0 Å². The van der Waals surface area contributed by atoms with E-state index in [0.717, 1.165) is 27.8 Å². The minimum absolute atomic E-state index is 0.227. The Morgan fingerprint density at radius 1 is 1.00 bits per heavy atom. The number of furan rings is 1. The van der Waals surface area contributed by atoms with Crippen LogP contribution in [0.3, 0.4) is 0 Å². The van der Waals surface area contributed by atoms with Crippen molar-refractivity contribution in [1.82, 2.24) is 0 Å². The molecule has 0 aliphatic carbocycles. The van der Waals surface area contributed by atoms with E-state index in [1.54, 1.807) is 6.07 Å². The maximum atomic E-state index is 12.2. The quantitative estimate of drug-likeness (QED) is 0.750. The Morgan fingerprint density at radius 3 is 2.50 bits per heavy atom. The molecular weight excluding hydrogens is 250 g/mol. The molecule has 3 rings (SSSR count). The smallest absolute Gasteiger partial charge is 0.291 e. The number of nitrogens with one attached hydrogen (secondary N) is 1. The van der Waals surface area contributed by atoms with Crippen molar-refractivity contribution >= 4 is 22.6 Å². The zero-order valence-corrected chi connectivity index (χ0v) is 11.4. The van der Waals surface area contributed by atoms with Crippen LogP contribution in [0.2, 0.25) is 0 Å². The van der Waals surface area contributed by atoms with Crippen molar-refractivity contribution in [3.05, 3.63) is 65.4 Å². The molecule has 1 heterocycles. The molecule has 20 heavy (non-hydrogen) atoms. The van der Waals surface area contributed by atoms with Gasteiger partial charge in [0, 0.05) is 11.1 Å². The zero-order chi connectivity index (χ0) is 14.1. The van der Waals surface area contributed by atoms with E-state index in [0.29, 0.717) is 5.76 Å². The molecule has 0 aliphatic heterocycles. The summed E-state index contributed by atoms with van der Waals surface area (Å²) in [5.41, 5.74) is 3.61. The van der Waals surface area contributed by atoms with E-state index in [1.807, 2.05) is 56.3 Å². The SMILES string of the molecule is Cc1ccccc1NC(=O)c1cc2cccc(C)c2o1. The second-order valence-electron chi connectivity index (χ2n) is 4.87. The summed E-state index contributed by atoms with van der Waals surface area (Å²) in [6, 6.07) is 15.3. The molecule has 3 nitrogen and oxygen atoms in total. The number of anilines is 1. The minimum atomic E-state index is -0.227. The molecule has 0 radical (unpaired) electrons. The summed E-state index contributed by atoms with van der Waals surface area (Å²) < 4.78 is 5.66. The number of hydrogen-bond donors (Lipinski definition) is 1. The van der Waals surface area contributed by atoms with Crippen LogP contribution in [0.25, 0.3) is 11.0 Å². The number of carbonyl (C=O) groups is 1. The van der Waals surface area contributed by atoms with Gasteiger partial charge in [-0.25, -0.2) is 0 Å². The first-order chi connectivity index (χ1) is 9.65. The van der Waals surface area contributed by atoms with Crippen molar-refractivity contribution in [2.24, 2.45) is 0 Å². The average Bonchev–Trinajstić information content (AvgIpc) is 2.87. The Labute approximate surface area is 117 Å². The van der Waals surface area contributed by atoms with Gasteiger partial charge in [0.15, 0.2) is 5.76 Å². The van der Waals surface area contributed by atoms with Gasteiger partial charge in [-0.2, -0.15) is 0 Å². The van der Waals surface area contributed by atoms with E-state index in [2.05, 4.69) is 5.32 Å². The number of para-hydroxylation sites is 2. The normalized spacial score (nSPS) is 10.7. The fraction of sp³-hybridized carbons (Fsp3) is 0.118. The predicted molar refractivity (Wildman–Crippen MR) is 80.1 cm³/mol. The lowest BCUT2D eigenvalue weighted by Crippen LogP contribution is -2.11. The van der Waals surface area contributed by atoms with E-state index in [-0.39, 0.29) is 5.91 Å². The van der Waals surface area contributed by atoms with E-state index in [4.69, 9.17) is 4.42 Å². The van der Waals surface area contributed by atoms with Gasteiger partial charge in [0.1, 0.15) is 5.58 Å². The Balaban J connectivity index is 1.93. The highest BCUT2D eigenvalue weighted by molar-refractivity contribution is 6.05. The Morgan fingerprint density at radius 2 is 1.75 bits per heavy atom. The molecule has 0 atom stereocenters. The Kier molecular flexibility index (Phi) is 3.03. The van der Waals surface area contributed by atoms with Gasteiger partial charge in [0.2, 0.25) is 0 Å². The highest BCUT2D eigenvalue weighted by Crippen LogP contribution is 2.23. The van der Waals surface area contributed by atoms with E-state index >= 15 is 0 Å². The van der Waals surface area contributed by atoms with Gasteiger partial charge in [-0.1, -0.05) is 36.4 Å². The fourth-order valence-corrected chi connectivity index (χ4v) is 2.22. The minimum Gasteiger partial charge on any atom is -0.451 e. The summed E-state index contributed by atoms with van der Waals surface area (Å²) in [7, 11) is 0. The largest absolute Gasteiger partial charge is 0.451 e. The number of rotatable bonds is 2. The number of hydrogen-bond acceptors (Lipinski definition) is 2. The molecule has 0 saturated carbocycles. The number of amides is 1. The van der Waals surface area contributed by atoms with Crippen molar-refractivity contribution in [2.75, 3.05) is 5.32 Å². The molecule has 3 heteroatoms. The molecule has 2 aromatic carbocycles. The second-order valence-corrected chi connectivity index (χ2v) is 4.87. The molecule has 0 bridgehead atoms. The monoisotopic (exact) mass is 265 g/mol. The molecule has 100 valence electrons. The van der Waals surface area contributed by atoms with Crippen molar-refractivity contribution in [2.45, 2.75) is 13.8 Å². The highest BCUT2D eigenvalue weighted by atomic mass is 16.3. The van der Waals surface area contributed by atoms with Gasteiger partial charge in [0.05, 0.1) is 0 Å². The molecule has 1 aromatic heterocycles. The number of benzene rings is 2. The third-order valence-electron chi connectivity index (χ3n) is 3.36. The average molecular weight is 265 g/mol. The lowest BCUT2D eigenvalue weighted by molar-refractivity contribution is 0.0998. The molecule has 0 spiro atoms. The lowest BCUT2D eigenvalue weighted by atomic mass is 10.2. The number of carbonyl (C=O) groups excluding carboxylic acids is 1. The molecule has 0 saturated heterocycles. The van der Waals surface area contributed by atoms with Crippen LogP contribution in [0, 0.1) is 13.8 Å². The zero-order valence-electron chi connectivity index (χ0n) is 11.4. The summed E-state index contributed by atoms with van der Waals surface area (Å²) >= 11 is 0. The van der Waals surface area contributed by atoms with Crippen LogP contribution in [0.5, 0.6) is 0 Å². The fourth-order valence-electron chi connectivity index (χ4n) is 2.22. The summed E-state index contributed by atoms with van der Waals surface area (Å²) in [4.78, 5) is 12.2. The third kappa shape index (κ3) is 2.18. The van der Waals surface area contributed by atoms with Gasteiger partial charge in [-0.15, -0.1) is 0 Å². The first-order valence-corrected chi connectivity index (χ1v) is 6.51. The van der Waals surface area contributed by atoms with Crippen molar-refractivity contribution in [3.63, 3.8) is 0 Å². The molecule has 0 fully saturated rings. The van der Waals surface area contributed by atoms with Crippen LogP contribution < -0.4 is 5.32 Å². The third-order valence-corrected chi connectivity index (χ3v) is 3.36. The number of fused-ring (bicyclic) bond motifs is 1. The van der Waals surface area contributed by atoms with Crippen LogP contribution in [0.15, 0.2) is 52.9 Å². The second kappa shape index (κ2) is 4.85. The molecule has 0 unspecified atom stereocenters. The van der Waals surface area contributed by atoms with Crippen molar-refractivity contribution < 1.29 is 9.21 Å². The maximum absolute atomic E-state index is 12.2. The van der Waals surface area contributed by atoms with Gasteiger partial charge in [0.25, 0.3) is 5.91 Å². The van der Waals surface area contributed by atoms with Crippen molar-refractivity contribution in [1.29, 1.82) is 0 Å². The summed E-state index contributed by atoms with van der Waals surface area (Å²) in [5.74, 6) is 0.104. The first-order valence-electron chi connectivity index (χ1n) is 6.51. The van der Waals surface area contributed by atoms with E-state index in [1.165, 1.54) is 0 Å². The number of aryl methyl sites for hydroxylation is 2. The van der Waals surface area contributed by atoms with Crippen LogP contribution in [-0.2, 0) is 0 Å². The lowest BCUT2D eigenvalue weighted by Gasteiger charge is -2.05. The molecule has 1 N–H and O–H groups in total. The highest BCUT2D eigenvalue weighted by Gasteiger charge is 2.14. The van der Waals surface area contributed by atoms with Gasteiger partial charge >= 0.3 is 0 Å². The molecule has 1 amide bonds. The van der Waals surface area contributed by atoms with Gasteiger partial charge in [-0.3, -0.25) is 4.79 Å². The van der Waals surface area contributed by atoms with Crippen LogP contribution >= 0.6 is 0 Å². The topological polar surface area (TPSA) is 42.2 Å². The molecule has 0 aliphatic rings. The first kappa shape index (κ1) is 12.5. The van der Waals surface area contributed by atoms with Crippen LogP contribution in [0.1, 0.15) is 21.7 Å². The Bertz CT molecular complexity index is 787.